The van der Waals surface area contributed by atoms with Crippen LogP contribution in [0.4, 0.5) is 5.69 Å². The van der Waals surface area contributed by atoms with E-state index in [4.69, 9.17) is 9.84 Å². The van der Waals surface area contributed by atoms with Gasteiger partial charge in [0.05, 0.1) is 19.8 Å². The van der Waals surface area contributed by atoms with Crippen LogP contribution in [-0.2, 0) is 35.6 Å². The summed E-state index contributed by atoms with van der Waals surface area (Å²) in [7, 11) is 0. The molecular formula is C27H31N5O3. The largest absolute Gasteiger partial charge is 0.378 e. The van der Waals surface area contributed by atoms with E-state index >= 15 is 0 Å². The van der Waals surface area contributed by atoms with Crippen molar-refractivity contribution in [1.29, 1.82) is 0 Å². The first-order chi connectivity index (χ1) is 17.1. The lowest BCUT2D eigenvalue weighted by Crippen LogP contribution is -2.41. The zero-order valence-electron chi connectivity index (χ0n) is 20.1. The topological polar surface area (TPSA) is 79.7 Å². The first kappa shape index (κ1) is 23.3. The Morgan fingerprint density at radius 1 is 0.943 bits per heavy atom. The van der Waals surface area contributed by atoms with Gasteiger partial charge in [-0.05, 0) is 23.3 Å². The number of rotatable bonds is 6. The van der Waals surface area contributed by atoms with Crippen molar-refractivity contribution >= 4 is 17.5 Å². The molecule has 3 aromatic rings. The third kappa shape index (κ3) is 5.44. The van der Waals surface area contributed by atoms with E-state index in [1.54, 1.807) is 0 Å². The van der Waals surface area contributed by atoms with Crippen molar-refractivity contribution in [2.45, 2.75) is 33.0 Å². The normalized spacial score (nSPS) is 16.1. The molecule has 1 fully saturated rings. The number of hydrogen-bond acceptors (Lipinski definition) is 5. The number of fused-ring (bicyclic) bond motifs is 1. The minimum Gasteiger partial charge on any atom is -0.378 e. The number of carbonyl (C=O) groups excluding carboxylic acids is 2. The first-order valence-corrected chi connectivity index (χ1v) is 12.2. The molecule has 0 saturated carbocycles. The Morgan fingerprint density at radius 3 is 2.37 bits per heavy atom. The van der Waals surface area contributed by atoms with Gasteiger partial charge in [0, 0.05) is 63.0 Å². The number of hydrogen-bond donors (Lipinski definition) is 1. The molecule has 0 bridgehead atoms. The highest BCUT2D eigenvalue weighted by molar-refractivity contribution is 5.94. The fourth-order valence-corrected chi connectivity index (χ4v) is 4.81. The third-order valence-electron chi connectivity index (χ3n) is 6.57. The lowest BCUT2D eigenvalue weighted by molar-refractivity contribution is -0.114. The van der Waals surface area contributed by atoms with E-state index in [0.717, 1.165) is 36.5 Å². The van der Waals surface area contributed by atoms with Crippen LogP contribution >= 0.6 is 0 Å². The Balaban J connectivity index is 1.38. The molecule has 0 unspecified atom stereocenters. The number of anilines is 1. The number of benzene rings is 2. The standard InChI is InChI=1S/C27H31N5O3/c1-20(33)28-23-9-7-22(8-10-23)17-30-12-11-25-24(19-30)26(27(34)31-13-15-35-16-14-31)29-32(25)18-21-5-3-2-4-6-21/h2-10H,11-19H2,1H3,(H,28,33). The predicted octanol–water partition coefficient (Wildman–Crippen LogP) is 2.92. The van der Waals surface area contributed by atoms with Crippen LogP contribution in [0, 0.1) is 0 Å². The SMILES string of the molecule is CC(=O)Nc1ccc(CN2CCc3c(c(C(=O)N4CCOCC4)nn3Cc3ccccc3)C2)cc1. The van der Waals surface area contributed by atoms with Gasteiger partial charge in [-0.15, -0.1) is 0 Å². The molecule has 1 N–H and O–H groups in total. The van der Waals surface area contributed by atoms with E-state index in [1.165, 1.54) is 18.1 Å². The summed E-state index contributed by atoms with van der Waals surface area (Å²) in [4.78, 5) is 29.0. The maximum atomic E-state index is 13.5. The Hall–Kier alpha value is -3.49. The summed E-state index contributed by atoms with van der Waals surface area (Å²) in [5.74, 6) is -0.0795. The molecular weight excluding hydrogens is 442 g/mol. The van der Waals surface area contributed by atoms with Gasteiger partial charge >= 0.3 is 0 Å². The summed E-state index contributed by atoms with van der Waals surface area (Å²) in [6, 6.07) is 18.2. The number of nitrogens with zero attached hydrogens (tertiary/aromatic N) is 4. The van der Waals surface area contributed by atoms with Crippen molar-refractivity contribution in [3.63, 3.8) is 0 Å². The maximum absolute atomic E-state index is 13.5. The molecule has 0 aliphatic carbocycles. The second-order valence-electron chi connectivity index (χ2n) is 9.16. The van der Waals surface area contributed by atoms with Gasteiger partial charge in [-0.25, -0.2) is 0 Å². The van der Waals surface area contributed by atoms with Crippen molar-refractivity contribution in [3.05, 3.63) is 82.7 Å². The Kier molecular flexibility index (Phi) is 6.92. The lowest BCUT2D eigenvalue weighted by Gasteiger charge is -2.29. The van der Waals surface area contributed by atoms with Gasteiger partial charge in [-0.1, -0.05) is 42.5 Å². The van der Waals surface area contributed by atoms with Crippen LogP contribution in [0.15, 0.2) is 54.6 Å². The monoisotopic (exact) mass is 473 g/mol. The number of aromatic nitrogens is 2. The number of nitrogens with one attached hydrogen (secondary N) is 1. The van der Waals surface area contributed by atoms with Gasteiger partial charge in [0.15, 0.2) is 5.69 Å². The van der Waals surface area contributed by atoms with Crippen molar-refractivity contribution < 1.29 is 14.3 Å². The van der Waals surface area contributed by atoms with Gasteiger partial charge in [-0.3, -0.25) is 19.2 Å². The molecule has 182 valence electrons. The van der Waals surface area contributed by atoms with E-state index in [-0.39, 0.29) is 11.8 Å². The van der Waals surface area contributed by atoms with E-state index in [2.05, 4.69) is 22.3 Å². The van der Waals surface area contributed by atoms with Crippen molar-refractivity contribution in [2.75, 3.05) is 38.2 Å². The van der Waals surface area contributed by atoms with Crippen LogP contribution in [0.1, 0.15) is 39.8 Å². The van der Waals surface area contributed by atoms with Crippen LogP contribution in [0.5, 0.6) is 0 Å². The first-order valence-electron chi connectivity index (χ1n) is 12.2. The van der Waals surface area contributed by atoms with Crippen LogP contribution in [0.25, 0.3) is 0 Å². The van der Waals surface area contributed by atoms with E-state index in [9.17, 15) is 9.59 Å². The molecule has 0 radical (unpaired) electrons. The zero-order valence-corrected chi connectivity index (χ0v) is 20.1. The second-order valence-corrected chi connectivity index (χ2v) is 9.16. The Labute approximate surface area is 205 Å². The third-order valence-corrected chi connectivity index (χ3v) is 6.57. The summed E-state index contributed by atoms with van der Waals surface area (Å²) in [6.45, 7) is 6.85. The number of ether oxygens (including phenoxy) is 1. The highest BCUT2D eigenvalue weighted by Gasteiger charge is 2.31. The predicted molar refractivity (Wildman–Crippen MR) is 133 cm³/mol. The molecule has 0 atom stereocenters. The molecule has 1 aromatic heterocycles. The zero-order chi connectivity index (χ0) is 24.2. The van der Waals surface area contributed by atoms with Crippen LogP contribution < -0.4 is 5.32 Å². The molecule has 2 aliphatic rings. The average molecular weight is 474 g/mol. The van der Waals surface area contributed by atoms with Gasteiger partial charge < -0.3 is 15.0 Å². The highest BCUT2D eigenvalue weighted by Crippen LogP contribution is 2.26. The molecule has 0 spiro atoms. The summed E-state index contributed by atoms with van der Waals surface area (Å²) in [5, 5.41) is 7.67. The summed E-state index contributed by atoms with van der Waals surface area (Å²) >= 11 is 0. The van der Waals surface area contributed by atoms with E-state index < -0.39 is 0 Å². The summed E-state index contributed by atoms with van der Waals surface area (Å²) in [5.41, 5.74) is 5.90. The van der Waals surface area contributed by atoms with Crippen LogP contribution in [0.2, 0.25) is 0 Å². The maximum Gasteiger partial charge on any atom is 0.274 e. The van der Waals surface area contributed by atoms with Crippen LogP contribution in [-0.4, -0.2) is 64.2 Å². The van der Waals surface area contributed by atoms with Gasteiger partial charge in [0.2, 0.25) is 5.91 Å². The minimum atomic E-state index is -0.0775. The fourth-order valence-electron chi connectivity index (χ4n) is 4.81. The Bertz CT molecular complexity index is 1180. The molecule has 3 heterocycles. The summed E-state index contributed by atoms with van der Waals surface area (Å²) in [6.07, 6.45) is 0.843. The molecule has 35 heavy (non-hydrogen) atoms. The quantitative estimate of drug-likeness (QED) is 0.596. The summed E-state index contributed by atoms with van der Waals surface area (Å²) < 4.78 is 7.47. The smallest absolute Gasteiger partial charge is 0.274 e. The molecule has 8 nitrogen and oxygen atoms in total. The second kappa shape index (κ2) is 10.4. The van der Waals surface area contributed by atoms with Gasteiger partial charge in [0.1, 0.15) is 0 Å². The van der Waals surface area contributed by atoms with Crippen molar-refractivity contribution in [3.8, 4) is 0 Å². The minimum absolute atomic E-state index is 0.00197. The average Bonchev–Trinajstić information content (AvgIpc) is 3.23. The van der Waals surface area contributed by atoms with Crippen molar-refractivity contribution in [2.24, 2.45) is 0 Å². The fraction of sp³-hybridized carbons (Fsp3) is 0.370. The van der Waals surface area contributed by atoms with Gasteiger partial charge in [0.25, 0.3) is 5.91 Å². The molecule has 2 aliphatic heterocycles. The van der Waals surface area contributed by atoms with E-state index in [1.807, 2.05) is 52.0 Å². The van der Waals surface area contributed by atoms with Gasteiger partial charge in [-0.2, -0.15) is 5.10 Å². The van der Waals surface area contributed by atoms with Crippen LogP contribution in [0.3, 0.4) is 0 Å². The van der Waals surface area contributed by atoms with Crippen molar-refractivity contribution in [1.82, 2.24) is 19.6 Å². The Morgan fingerprint density at radius 2 is 1.66 bits per heavy atom. The molecule has 8 heteroatoms. The van der Waals surface area contributed by atoms with E-state index in [0.29, 0.717) is 45.1 Å². The highest BCUT2D eigenvalue weighted by atomic mass is 16.5. The molecule has 2 amide bonds. The number of morpholine rings is 1. The molecule has 1 saturated heterocycles. The lowest BCUT2D eigenvalue weighted by atomic mass is 10.0. The number of carbonyl (C=O) groups is 2. The molecule has 2 aromatic carbocycles. The number of amides is 2. The molecule has 5 rings (SSSR count).